The van der Waals surface area contributed by atoms with Crippen LogP contribution in [0, 0.1) is 0 Å². The van der Waals surface area contributed by atoms with Crippen LogP contribution in [0.4, 0.5) is 0 Å². The van der Waals surface area contributed by atoms with Gasteiger partial charge in [-0.25, -0.2) is 0 Å². The molecule has 0 amide bonds. The van der Waals surface area contributed by atoms with Crippen molar-refractivity contribution in [2.75, 3.05) is 13.2 Å². The minimum atomic E-state index is -1.32. The van der Waals surface area contributed by atoms with Gasteiger partial charge in [-0.1, -0.05) is 19.1 Å². The highest BCUT2D eigenvalue weighted by Crippen LogP contribution is 2.18. The molecule has 0 fully saturated rings. The van der Waals surface area contributed by atoms with Crippen LogP contribution in [0.25, 0.3) is 0 Å². The van der Waals surface area contributed by atoms with Gasteiger partial charge in [0.15, 0.2) is 5.11 Å². The molecule has 9 heteroatoms. The first-order valence-electron chi connectivity index (χ1n) is 9.51. The average Bonchev–Trinajstić information content (AvgIpc) is 2.64. The van der Waals surface area contributed by atoms with Crippen LogP contribution in [0.5, 0.6) is 0 Å². The molecule has 1 aliphatic rings. The quantitative estimate of drug-likeness (QED) is 0.194. The van der Waals surface area contributed by atoms with E-state index in [0.717, 1.165) is 0 Å². The summed E-state index contributed by atoms with van der Waals surface area (Å²) in [4.78, 5) is 0. The summed E-state index contributed by atoms with van der Waals surface area (Å²) >= 11 is 5.17. The predicted molar refractivity (Wildman–Crippen MR) is 106 cm³/mol. The summed E-state index contributed by atoms with van der Waals surface area (Å²) in [6.45, 7) is 4.33. The number of hydrogen-bond donors (Lipinski definition) is 7. The molecule has 0 radical (unpaired) electrons. The lowest BCUT2D eigenvalue weighted by Gasteiger charge is -2.33. The van der Waals surface area contributed by atoms with Crippen LogP contribution in [-0.4, -0.2) is 86.5 Å². The second-order valence-corrected chi connectivity index (χ2v) is 7.25. The Morgan fingerprint density at radius 3 is 2.44 bits per heavy atom. The summed E-state index contributed by atoms with van der Waals surface area (Å²) in [6.07, 6.45) is -1.15. The number of nitrogens with one attached hydrogen (secondary N) is 2. The van der Waals surface area contributed by atoms with Crippen molar-refractivity contribution in [1.29, 1.82) is 0 Å². The van der Waals surface area contributed by atoms with Gasteiger partial charge in [-0.15, -0.1) is 0 Å². The molecular formula is C18H34N2O6S. The highest BCUT2D eigenvalue weighted by Gasteiger charge is 2.33. The Labute approximate surface area is 166 Å². The van der Waals surface area contributed by atoms with Crippen LogP contribution >= 0.6 is 12.2 Å². The summed E-state index contributed by atoms with van der Waals surface area (Å²) in [5.74, 6) is 0. The third-order valence-corrected chi connectivity index (χ3v) is 4.89. The molecule has 1 rings (SSSR count). The number of ether oxygens (including phenoxy) is 1. The first-order valence-corrected chi connectivity index (χ1v) is 9.92. The van der Waals surface area contributed by atoms with Gasteiger partial charge in [0.25, 0.3) is 0 Å². The number of hydrogen-bond acceptors (Lipinski definition) is 7. The highest BCUT2D eigenvalue weighted by molar-refractivity contribution is 7.80. The first-order chi connectivity index (χ1) is 12.8. The SMILES string of the molecule is CCNC(=S)NC(COC1C/C=C\CC(O)C(O)C1O)C(O)CC(O)CC. The van der Waals surface area contributed by atoms with E-state index < -0.39 is 42.7 Å². The number of aliphatic hydroxyl groups excluding tert-OH is 5. The van der Waals surface area contributed by atoms with Gasteiger partial charge in [0, 0.05) is 13.0 Å². The molecule has 0 saturated heterocycles. The van der Waals surface area contributed by atoms with Crippen molar-refractivity contribution in [3.63, 3.8) is 0 Å². The van der Waals surface area contributed by atoms with E-state index in [2.05, 4.69) is 10.6 Å². The third kappa shape index (κ3) is 8.39. The Kier molecular flexibility index (Phi) is 11.3. The van der Waals surface area contributed by atoms with Crippen molar-refractivity contribution in [2.24, 2.45) is 0 Å². The minimum Gasteiger partial charge on any atom is -0.393 e. The summed E-state index contributed by atoms with van der Waals surface area (Å²) in [7, 11) is 0. The predicted octanol–water partition coefficient (Wildman–Crippen LogP) is -0.821. The molecule has 0 saturated carbocycles. The van der Waals surface area contributed by atoms with Crippen LogP contribution in [0.15, 0.2) is 12.2 Å². The van der Waals surface area contributed by atoms with Gasteiger partial charge in [-0.3, -0.25) is 0 Å². The number of thiocarbonyl (C=S) groups is 1. The van der Waals surface area contributed by atoms with E-state index in [9.17, 15) is 25.5 Å². The Morgan fingerprint density at radius 2 is 1.81 bits per heavy atom. The third-order valence-electron chi connectivity index (χ3n) is 4.63. The summed E-state index contributed by atoms with van der Waals surface area (Å²) in [6, 6.07) is -0.610. The van der Waals surface area contributed by atoms with E-state index in [4.69, 9.17) is 17.0 Å². The maximum Gasteiger partial charge on any atom is 0.166 e. The lowest BCUT2D eigenvalue weighted by atomic mass is 9.95. The smallest absolute Gasteiger partial charge is 0.166 e. The number of rotatable bonds is 9. The van der Waals surface area contributed by atoms with E-state index >= 15 is 0 Å². The summed E-state index contributed by atoms with van der Waals surface area (Å²) < 4.78 is 5.76. The normalized spacial score (nSPS) is 30.5. The summed E-state index contributed by atoms with van der Waals surface area (Å²) in [5.41, 5.74) is 0. The average molecular weight is 407 g/mol. The van der Waals surface area contributed by atoms with Gasteiger partial charge < -0.3 is 40.9 Å². The molecule has 0 aromatic carbocycles. The van der Waals surface area contributed by atoms with Crippen molar-refractivity contribution in [1.82, 2.24) is 10.6 Å². The zero-order valence-electron chi connectivity index (χ0n) is 16.0. The van der Waals surface area contributed by atoms with E-state index in [0.29, 0.717) is 24.5 Å². The van der Waals surface area contributed by atoms with E-state index in [-0.39, 0.29) is 19.4 Å². The van der Waals surface area contributed by atoms with Gasteiger partial charge in [0.05, 0.1) is 37.1 Å². The second-order valence-electron chi connectivity index (χ2n) is 6.84. The highest BCUT2D eigenvalue weighted by atomic mass is 32.1. The molecule has 0 spiro atoms. The van der Waals surface area contributed by atoms with Crippen LogP contribution in [0.1, 0.15) is 39.5 Å². The molecule has 8 nitrogen and oxygen atoms in total. The Bertz CT molecular complexity index is 467. The van der Waals surface area contributed by atoms with Gasteiger partial charge in [0.1, 0.15) is 12.2 Å². The van der Waals surface area contributed by atoms with Crippen LogP contribution in [0.3, 0.4) is 0 Å². The Hall–Kier alpha value is -0.810. The largest absolute Gasteiger partial charge is 0.393 e. The van der Waals surface area contributed by atoms with Gasteiger partial charge >= 0.3 is 0 Å². The summed E-state index contributed by atoms with van der Waals surface area (Å²) in [5, 5.41) is 56.7. The zero-order chi connectivity index (χ0) is 20.4. The van der Waals surface area contributed by atoms with Crippen LogP contribution in [0.2, 0.25) is 0 Å². The molecule has 0 aliphatic heterocycles. The fourth-order valence-electron chi connectivity index (χ4n) is 2.82. The van der Waals surface area contributed by atoms with E-state index in [1.807, 2.05) is 13.8 Å². The molecule has 7 unspecified atom stereocenters. The standard InChI is InChI=1S/C18H34N2O6S/c1-3-11(21)9-14(23)12(20-18(27)19-4-2)10-26-15-8-6-5-7-13(22)16(24)17(15)25/h5-6,11-17,21-25H,3-4,7-10H2,1-2H3,(H2,19,20,27)/b6-5-. The molecule has 0 bridgehead atoms. The van der Waals surface area contributed by atoms with Crippen molar-refractivity contribution in [3.8, 4) is 0 Å². The van der Waals surface area contributed by atoms with Crippen LogP contribution in [-0.2, 0) is 4.74 Å². The lowest BCUT2D eigenvalue weighted by Crippen LogP contribution is -2.52. The topological polar surface area (TPSA) is 134 Å². The molecule has 27 heavy (non-hydrogen) atoms. The molecular weight excluding hydrogens is 372 g/mol. The molecule has 7 N–H and O–H groups in total. The molecule has 0 aromatic heterocycles. The Morgan fingerprint density at radius 1 is 1.15 bits per heavy atom. The van der Waals surface area contributed by atoms with Gasteiger partial charge in [0.2, 0.25) is 0 Å². The monoisotopic (exact) mass is 406 g/mol. The molecule has 1 aliphatic carbocycles. The fourth-order valence-corrected chi connectivity index (χ4v) is 3.12. The maximum atomic E-state index is 10.5. The van der Waals surface area contributed by atoms with Crippen molar-refractivity contribution in [2.45, 2.75) is 82.2 Å². The van der Waals surface area contributed by atoms with Crippen molar-refractivity contribution >= 4 is 17.3 Å². The van der Waals surface area contributed by atoms with Crippen molar-refractivity contribution < 1.29 is 30.3 Å². The first kappa shape index (κ1) is 24.2. The lowest BCUT2D eigenvalue weighted by molar-refractivity contribution is -0.128. The van der Waals surface area contributed by atoms with Gasteiger partial charge in [-0.05, 0) is 38.4 Å². The van der Waals surface area contributed by atoms with Crippen molar-refractivity contribution in [3.05, 3.63) is 12.2 Å². The number of aliphatic hydroxyl groups is 5. The molecule has 7 atom stereocenters. The molecule has 0 heterocycles. The van der Waals surface area contributed by atoms with E-state index in [1.165, 1.54) is 0 Å². The van der Waals surface area contributed by atoms with E-state index in [1.54, 1.807) is 12.2 Å². The Balaban J connectivity index is 2.76. The van der Waals surface area contributed by atoms with Gasteiger partial charge in [-0.2, -0.15) is 0 Å². The zero-order valence-corrected chi connectivity index (χ0v) is 16.8. The second kappa shape index (κ2) is 12.6. The molecule has 0 aromatic rings. The fraction of sp³-hybridized carbons (Fsp3) is 0.833. The maximum absolute atomic E-state index is 10.5. The molecule has 158 valence electrons. The van der Waals surface area contributed by atoms with Crippen LogP contribution < -0.4 is 10.6 Å². The minimum absolute atomic E-state index is 0.00151.